The molecule has 0 saturated carbocycles. The number of hydrogen-bond acceptors (Lipinski definition) is 5. The van der Waals surface area contributed by atoms with Crippen LogP contribution in [-0.2, 0) is 0 Å². The van der Waals surface area contributed by atoms with Crippen LogP contribution in [0.15, 0.2) is 34.3 Å². The van der Waals surface area contributed by atoms with E-state index in [4.69, 9.17) is 5.11 Å². The van der Waals surface area contributed by atoms with Gasteiger partial charge in [0.05, 0.1) is 5.56 Å². The van der Waals surface area contributed by atoms with Crippen LogP contribution in [0.1, 0.15) is 10.4 Å². The van der Waals surface area contributed by atoms with Crippen LogP contribution < -0.4 is 0 Å². The molecule has 2 N–H and O–H groups in total. The van der Waals surface area contributed by atoms with Gasteiger partial charge < -0.3 is 5.11 Å². The Kier molecular flexibility index (Phi) is 2.64. The molecule has 2 rings (SSSR count). The standard InChI is InChI=1S/C8H6N4O2S/c13-7(14)5-3-1-2-4-6(5)15-8-9-11-12-10-8/h1-4H,(H,13,14)(H,9,10,11,12). The van der Waals surface area contributed by atoms with Gasteiger partial charge in [0.25, 0.3) is 0 Å². The molecule has 0 spiro atoms. The maximum Gasteiger partial charge on any atom is 0.336 e. The zero-order chi connectivity index (χ0) is 10.7. The van der Waals surface area contributed by atoms with Gasteiger partial charge in [-0.3, -0.25) is 0 Å². The molecule has 6 nitrogen and oxygen atoms in total. The number of carboxylic acids is 1. The van der Waals surface area contributed by atoms with E-state index >= 15 is 0 Å². The van der Waals surface area contributed by atoms with Crippen molar-refractivity contribution in [2.24, 2.45) is 0 Å². The second-order valence-electron chi connectivity index (χ2n) is 2.60. The van der Waals surface area contributed by atoms with Gasteiger partial charge in [-0.25, -0.2) is 4.79 Å². The molecule has 15 heavy (non-hydrogen) atoms. The van der Waals surface area contributed by atoms with E-state index in [0.717, 1.165) is 11.8 Å². The molecule has 0 amide bonds. The topological polar surface area (TPSA) is 91.8 Å². The first kappa shape index (κ1) is 9.66. The minimum absolute atomic E-state index is 0.229. The molecule has 0 aliphatic heterocycles. The maximum absolute atomic E-state index is 10.9. The quantitative estimate of drug-likeness (QED) is 0.806. The summed E-state index contributed by atoms with van der Waals surface area (Å²) in [6, 6.07) is 6.66. The number of rotatable bonds is 3. The third-order valence-electron chi connectivity index (χ3n) is 1.64. The third kappa shape index (κ3) is 2.13. The Morgan fingerprint density at radius 1 is 1.40 bits per heavy atom. The fourth-order valence-corrected chi connectivity index (χ4v) is 1.80. The van der Waals surface area contributed by atoms with Crippen LogP contribution in [0.2, 0.25) is 0 Å². The van der Waals surface area contributed by atoms with Gasteiger partial charge in [0.15, 0.2) is 0 Å². The van der Waals surface area contributed by atoms with Crippen LogP contribution in [0, 0.1) is 0 Å². The number of carboxylic acid groups (broad SMARTS) is 1. The summed E-state index contributed by atoms with van der Waals surface area (Å²) >= 11 is 1.15. The van der Waals surface area contributed by atoms with E-state index in [0.29, 0.717) is 10.1 Å². The molecule has 0 radical (unpaired) electrons. The van der Waals surface area contributed by atoms with Crippen LogP contribution >= 0.6 is 11.8 Å². The predicted molar refractivity (Wildman–Crippen MR) is 51.7 cm³/mol. The number of nitrogens with one attached hydrogen (secondary N) is 1. The minimum atomic E-state index is -0.971. The van der Waals surface area contributed by atoms with Crippen LogP contribution in [0.4, 0.5) is 0 Å². The molecule has 2 aromatic rings. The first-order chi connectivity index (χ1) is 7.27. The number of tetrazole rings is 1. The molecule has 0 aliphatic rings. The number of H-pyrrole nitrogens is 1. The molecule has 1 aromatic heterocycles. The summed E-state index contributed by atoms with van der Waals surface area (Å²) in [5.74, 6) is -0.971. The molecular formula is C8H6N4O2S. The highest BCUT2D eigenvalue weighted by Gasteiger charge is 2.11. The highest BCUT2D eigenvalue weighted by molar-refractivity contribution is 7.99. The Hall–Kier alpha value is -1.89. The molecule has 0 saturated heterocycles. The zero-order valence-corrected chi connectivity index (χ0v) is 8.23. The molecule has 0 atom stereocenters. The third-order valence-corrected chi connectivity index (χ3v) is 2.58. The molecule has 0 unspecified atom stereocenters. The Labute approximate surface area is 88.7 Å². The number of hydrogen-bond donors (Lipinski definition) is 2. The number of aromatic amines is 1. The minimum Gasteiger partial charge on any atom is -0.478 e. The molecule has 76 valence electrons. The van der Waals surface area contributed by atoms with Crippen molar-refractivity contribution in [3.05, 3.63) is 29.8 Å². The van der Waals surface area contributed by atoms with Crippen molar-refractivity contribution in [3.63, 3.8) is 0 Å². The number of benzene rings is 1. The van der Waals surface area contributed by atoms with E-state index in [1.807, 2.05) is 0 Å². The predicted octanol–water partition coefficient (Wildman–Crippen LogP) is 1.05. The smallest absolute Gasteiger partial charge is 0.336 e. The highest BCUT2D eigenvalue weighted by atomic mass is 32.2. The number of carbonyl (C=O) groups is 1. The molecule has 0 fully saturated rings. The van der Waals surface area contributed by atoms with Crippen LogP contribution in [0.5, 0.6) is 0 Å². The lowest BCUT2D eigenvalue weighted by atomic mass is 10.2. The van der Waals surface area contributed by atoms with Crippen LogP contribution in [-0.4, -0.2) is 31.7 Å². The van der Waals surface area contributed by atoms with Gasteiger partial charge in [0.2, 0.25) is 5.16 Å². The van der Waals surface area contributed by atoms with E-state index in [-0.39, 0.29) is 5.56 Å². The first-order valence-corrected chi connectivity index (χ1v) is 4.82. The summed E-state index contributed by atoms with van der Waals surface area (Å²) in [5, 5.41) is 22.5. The molecule has 0 aliphatic carbocycles. The highest BCUT2D eigenvalue weighted by Crippen LogP contribution is 2.26. The molecule has 1 heterocycles. The molecular weight excluding hydrogens is 216 g/mol. The van der Waals surface area contributed by atoms with Crippen molar-refractivity contribution in [2.75, 3.05) is 0 Å². The molecule has 1 aromatic carbocycles. The number of aromatic carboxylic acids is 1. The van der Waals surface area contributed by atoms with E-state index in [1.54, 1.807) is 18.2 Å². The molecule has 0 bridgehead atoms. The second-order valence-corrected chi connectivity index (χ2v) is 3.61. The average Bonchev–Trinajstić information content (AvgIpc) is 2.71. The summed E-state index contributed by atoms with van der Waals surface area (Å²) in [5.41, 5.74) is 0.229. The van der Waals surface area contributed by atoms with Gasteiger partial charge in [-0.2, -0.15) is 5.21 Å². The Morgan fingerprint density at radius 2 is 2.20 bits per heavy atom. The lowest BCUT2D eigenvalue weighted by Gasteiger charge is -2.00. The normalized spacial score (nSPS) is 10.1. The van der Waals surface area contributed by atoms with Crippen molar-refractivity contribution in [3.8, 4) is 0 Å². The Morgan fingerprint density at radius 3 is 2.87 bits per heavy atom. The van der Waals surface area contributed by atoms with Crippen molar-refractivity contribution in [1.82, 2.24) is 20.6 Å². The van der Waals surface area contributed by atoms with Gasteiger partial charge in [-0.1, -0.05) is 12.1 Å². The molecule has 7 heteroatoms. The van der Waals surface area contributed by atoms with Gasteiger partial charge in [-0.05, 0) is 29.1 Å². The Bertz CT molecular complexity index is 471. The lowest BCUT2D eigenvalue weighted by molar-refractivity contribution is 0.0693. The summed E-state index contributed by atoms with van der Waals surface area (Å²) < 4.78 is 0. The van der Waals surface area contributed by atoms with E-state index in [1.165, 1.54) is 6.07 Å². The number of nitrogens with zero attached hydrogens (tertiary/aromatic N) is 3. The first-order valence-electron chi connectivity index (χ1n) is 4.01. The largest absolute Gasteiger partial charge is 0.478 e. The monoisotopic (exact) mass is 222 g/mol. The average molecular weight is 222 g/mol. The lowest BCUT2D eigenvalue weighted by Crippen LogP contribution is -1.98. The fourth-order valence-electron chi connectivity index (χ4n) is 1.03. The van der Waals surface area contributed by atoms with E-state index in [2.05, 4.69) is 20.6 Å². The number of aromatic nitrogens is 4. The summed E-state index contributed by atoms with van der Waals surface area (Å²) in [6.07, 6.45) is 0. The Balaban J connectivity index is 2.32. The SMILES string of the molecule is O=C(O)c1ccccc1Sc1nn[nH]n1. The van der Waals surface area contributed by atoms with Crippen molar-refractivity contribution in [1.29, 1.82) is 0 Å². The summed E-state index contributed by atoms with van der Waals surface area (Å²) in [4.78, 5) is 11.5. The maximum atomic E-state index is 10.9. The fraction of sp³-hybridized carbons (Fsp3) is 0. The van der Waals surface area contributed by atoms with Crippen LogP contribution in [0.3, 0.4) is 0 Å². The zero-order valence-electron chi connectivity index (χ0n) is 7.41. The second kappa shape index (κ2) is 4.09. The van der Waals surface area contributed by atoms with Gasteiger partial charge >= 0.3 is 5.97 Å². The van der Waals surface area contributed by atoms with E-state index < -0.39 is 5.97 Å². The van der Waals surface area contributed by atoms with Crippen molar-refractivity contribution >= 4 is 17.7 Å². The van der Waals surface area contributed by atoms with Crippen molar-refractivity contribution < 1.29 is 9.90 Å². The van der Waals surface area contributed by atoms with Crippen LogP contribution in [0.25, 0.3) is 0 Å². The van der Waals surface area contributed by atoms with Gasteiger partial charge in [-0.15, -0.1) is 10.2 Å². The van der Waals surface area contributed by atoms with Crippen molar-refractivity contribution in [2.45, 2.75) is 10.1 Å². The summed E-state index contributed by atoms with van der Waals surface area (Å²) in [6.45, 7) is 0. The van der Waals surface area contributed by atoms with Gasteiger partial charge in [0, 0.05) is 4.90 Å². The van der Waals surface area contributed by atoms with Gasteiger partial charge in [0.1, 0.15) is 0 Å². The van der Waals surface area contributed by atoms with E-state index in [9.17, 15) is 4.79 Å². The summed E-state index contributed by atoms with van der Waals surface area (Å²) in [7, 11) is 0.